The topological polar surface area (TPSA) is 94.0 Å². The fraction of sp³-hybridized carbons (Fsp3) is 0.500. The fourth-order valence-corrected chi connectivity index (χ4v) is 3.91. The summed E-state index contributed by atoms with van der Waals surface area (Å²) < 4.78 is 0. The Morgan fingerprint density at radius 1 is 1.20 bits per heavy atom. The summed E-state index contributed by atoms with van der Waals surface area (Å²) in [5, 5.41) is 15.9. The lowest BCUT2D eigenvalue weighted by Crippen LogP contribution is -2.23. The summed E-state index contributed by atoms with van der Waals surface area (Å²) in [7, 11) is 3.55. The Balaban J connectivity index is 2.59. The summed E-state index contributed by atoms with van der Waals surface area (Å²) in [6.45, 7) is 1.79. The van der Waals surface area contributed by atoms with Gasteiger partial charge in [-0.1, -0.05) is 36.0 Å². The van der Waals surface area contributed by atoms with Crippen LogP contribution in [0.1, 0.15) is 30.9 Å². The van der Waals surface area contributed by atoms with E-state index in [1.54, 1.807) is 37.7 Å². The number of hydrogen-bond donors (Lipinski definition) is 3. The van der Waals surface area contributed by atoms with Crippen molar-refractivity contribution in [2.75, 3.05) is 19.8 Å². The predicted octanol–water partition coefficient (Wildman–Crippen LogP) is 3.37. The lowest BCUT2D eigenvalue weighted by atomic mass is 10.0. The van der Waals surface area contributed by atoms with Crippen molar-refractivity contribution in [1.29, 1.82) is 10.8 Å². The molecule has 0 spiro atoms. The maximum absolute atomic E-state index is 11.8. The van der Waals surface area contributed by atoms with Crippen LogP contribution in [0.25, 0.3) is 0 Å². The van der Waals surface area contributed by atoms with Crippen molar-refractivity contribution in [3.05, 3.63) is 35.4 Å². The Labute approximate surface area is 159 Å². The van der Waals surface area contributed by atoms with Gasteiger partial charge in [-0.05, 0) is 37.3 Å². The van der Waals surface area contributed by atoms with E-state index in [2.05, 4.69) is 24.3 Å². The van der Waals surface area contributed by atoms with Gasteiger partial charge in [-0.2, -0.15) is 0 Å². The number of rotatable bonds is 9. The average molecular weight is 381 g/mol. The van der Waals surface area contributed by atoms with Gasteiger partial charge in [0.05, 0.1) is 5.04 Å². The second-order valence-corrected chi connectivity index (χ2v) is 8.76. The number of nitrogens with two attached hydrogens (primary N) is 1. The zero-order valence-electron chi connectivity index (χ0n) is 15.2. The smallest absolute Gasteiger partial charge is 0.222 e. The second kappa shape index (κ2) is 11.2. The average Bonchev–Trinajstić information content (AvgIpc) is 2.53. The highest BCUT2D eigenvalue weighted by atomic mass is 32.2. The van der Waals surface area contributed by atoms with E-state index in [9.17, 15) is 4.79 Å². The monoisotopic (exact) mass is 380 g/mol. The van der Waals surface area contributed by atoms with Crippen LogP contribution in [-0.2, 0) is 17.6 Å². The van der Waals surface area contributed by atoms with Crippen molar-refractivity contribution in [3.63, 3.8) is 0 Å². The third kappa shape index (κ3) is 9.55. The van der Waals surface area contributed by atoms with Crippen molar-refractivity contribution >= 4 is 39.6 Å². The zero-order chi connectivity index (χ0) is 18.8. The molecule has 138 valence electrons. The van der Waals surface area contributed by atoms with Gasteiger partial charge < -0.3 is 10.6 Å². The number of amidine groups is 1. The van der Waals surface area contributed by atoms with Crippen LogP contribution in [-0.4, -0.2) is 46.1 Å². The molecule has 0 aliphatic heterocycles. The second-order valence-electron chi connectivity index (χ2n) is 6.11. The van der Waals surface area contributed by atoms with E-state index in [1.807, 2.05) is 0 Å². The molecule has 1 aromatic rings. The molecule has 0 radical (unpaired) electrons. The molecule has 0 bridgehead atoms. The van der Waals surface area contributed by atoms with E-state index >= 15 is 0 Å². The van der Waals surface area contributed by atoms with Crippen LogP contribution >= 0.6 is 23.5 Å². The lowest BCUT2D eigenvalue weighted by Gasteiger charge is -2.17. The molecule has 25 heavy (non-hydrogen) atoms. The van der Waals surface area contributed by atoms with E-state index in [4.69, 9.17) is 16.6 Å². The maximum atomic E-state index is 11.8. The minimum absolute atomic E-state index is 0.131. The van der Waals surface area contributed by atoms with Crippen molar-refractivity contribution in [3.8, 4) is 0 Å². The van der Waals surface area contributed by atoms with E-state index in [1.165, 1.54) is 22.9 Å². The van der Waals surface area contributed by atoms with Crippen molar-refractivity contribution in [1.82, 2.24) is 4.90 Å². The SMILES string of the molecule is CC(=N)S[C@H](CCC(=O)N(C)C)Cc1ccc(CCSC(=N)N)cc1. The van der Waals surface area contributed by atoms with Crippen molar-refractivity contribution < 1.29 is 4.79 Å². The molecular formula is C18H28N4OS2. The minimum Gasteiger partial charge on any atom is -0.379 e. The molecule has 0 heterocycles. The number of nitrogens with zero attached hydrogens (tertiary/aromatic N) is 1. The highest BCUT2D eigenvalue weighted by molar-refractivity contribution is 8.14. The van der Waals surface area contributed by atoms with E-state index in [0.717, 1.165) is 25.0 Å². The van der Waals surface area contributed by atoms with Crippen LogP contribution in [0.5, 0.6) is 0 Å². The number of carbonyl (C=O) groups excluding carboxylic acids is 1. The number of benzene rings is 1. The van der Waals surface area contributed by atoms with Gasteiger partial charge >= 0.3 is 0 Å². The Morgan fingerprint density at radius 2 is 1.80 bits per heavy atom. The number of aryl methyl sites for hydroxylation is 1. The van der Waals surface area contributed by atoms with Gasteiger partial charge in [0.2, 0.25) is 5.91 Å². The lowest BCUT2D eigenvalue weighted by molar-refractivity contribution is -0.128. The largest absolute Gasteiger partial charge is 0.379 e. The Hall–Kier alpha value is -1.47. The maximum Gasteiger partial charge on any atom is 0.222 e. The molecule has 0 aliphatic carbocycles. The van der Waals surface area contributed by atoms with Gasteiger partial charge in [0, 0.05) is 31.5 Å². The molecule has 0 aliphatic rings. The van der Waals surface area contributed by atoms with Crippen LogP contribution in [0.3, 0.4) is 0 Å². The molecule has 1 atom stereocenters. The highest BCUT2D eigenvalue weighted by Crippen LogP contribution is 2.23. The summed E-state index contributed by atoms with van der Waals surface area (Å²) in [5.74, 6) is 0.943. The molecular weight excluding hydrogens is 352 g/mol. The molecule has 0 aromatic heterocycles. The first-order chi connectivity index (χ1) is 11.8. The zero-order valence-corrected chi connectivity index (χ0v) is 16.8. The first-order valence-corrected chi connectivity index (χ1v) is 10.1. The summed E-state index contributed by atoms with van der Waals surface area (Å²) in [6, 6.07) is 8.46. The molecule has 1 amide bonds. The first-order valence-electron chi connectivity index (χ1n) is 8.24. The van der Waals surface area contributed by atoms with Crippen molar-refractivity contribution in [2.24, 2.45) is 5.73 Å². The molecule has 4 N–H and O–H groups in total. The summed E-state index contributed by atoms with van der Waals surface area (Å²) >= 11 is 2.90. The molecule has 1 aromatic carbocycles. The summed E-state index contributed by atoms with van der Waals surface area (Å²) in [5.41, 5.74) is 7.79. The van der Waals surface area contributed by atoms with E-state index in [0.29, 0.717) is 11.5 Å². The number of carbonyl (C=O) groups is 1. The van der Waals surface area contributed by atoms with Gasteiger partial charge in [0.15, 0.2) is 5.17 Å². The molecule has 0 saturated carbocycles. The van der Waals surface area contributed by atoms with Crippen LogP contribution in [0.15, 0.2) is 24.3 Å². The quantitative estimate of drug-likeness (QED) is 0.452. The highest BCUT2D eigenvalue weighted by Gasteiger charge is 2.15. The Kier molecular flexibility index (Phi) is 9.67. The molecule has 7 heteroatoms. The number of thioether (sulfide) groups is 2. The van der Waals surface area contributed by atoms with Crippen LogP contribution < -0.4 is 5.73 Å². The van der Waals surface area contributed by atoms with Gasteiger partial charge in [-0.25, -0.2) is 0 Å². The summed E-state index contributed by atoms with van der Waals surface area (Å²) in [6.07, 6.45) is 3.02. The molecule has 0 unspecified atom stereocenters. The molecule has 5 nitrogen and oxygen atoms in total. The van der Waals surface area contributed by atoms with Gasteiger partial charge in [-0.15, -0.1) is 11.8 Å². The van der Waals surface area contributed by atoms with Gasteiger partial charge in [0.1, 0.15) is 0 Å². The van der Waals surface area contributed by atoms with E-state index in [-0.39, 0.29) is 16.3 Å². The van der Waals surface area contributed by atoms with Gasteiger partial charge in [-0.3, -0.25) is 15.6 Å². The van der Waals surface area contributed by atoms with Crippen LogP contribution in [0, 0.1) is 10.8 Å². The van der Waals surface area contributed by atoms with E-state index < -0.39 is 0 Å². The van der Waals surface area contributed by atoms with Crippen molar-refractivity contribution in [2.45, 2.75) is 37.9 Å². The minimum atomic E-state index is 0.131. The molecule has 0 fully saturated rings. The normalized spacial score (nSPS) is 11.8. The van der Waals surface area contributed by atoms with Gasteiger partial charge in [0.25, 0.3) is 0 Å². The third-order valence-corrected chi connectivity index (χ3v) is 5.47. The van der Waals surface area contributed by atoms with Crippen LogP contribution in [0.2, 0.25) is 0 Å². The number of amides is 1. The molecule has 1 rings (SSSR count). The third-order valence-electron chi connectivity index (χ3n) is 3.66. The fourth-order valence-electron chi connectivity index (χ4n) is 2.34. The summed E-state index contributed by atoms with van der Waals surface area (Å²) in [4.78, 5) is 13.4. The number of nitrogens with one attached hydrogen (secondary N) is 2. The Bertz CT molecular complexity index is 587. The first kappa shape index (κ1) is 21.6. The standard InChI is InChI=1S/C18H28N4OS2/c1-13(19)25-16(8-9-17(23)22(2)3)12-15-6-4-14(5-7-15)10-11-24-18(20)21/h4-7,16,19H,8-12H2,1-3H3,(H3,20,21)/t16-/m1/s1. The number of hydrogen-bond acceptors (Lipinski definition) is 5. The Morgan fingerprint density at radius 3 is 2.32 bits per heavy atom. The van der Waals surface area contributed by atoms with Crippen LogP contribution in [0.4, 0.5) is 0 Å². The predicted molar refractivity (Wildman–Crippen MR) is 111 cm³/mol. The molecule has 0 saturated heterocycles.